The van der Waals surface area contributed by atoms with Gasteiger partial charge in [-0.05, 0) is 13.0 Å². The predicted molar refractivity (Wildman–Crippen MR) is 68.6 cm³/mol. The number of anilines is 2. The molecular weight excluding hydrogens is 252 g/mol. The van der Waals surface area contributed by atoms with Crippen LogP contribution in [0, 0.1) is 0 Å². The van der Waals surface area contributed by atoms with Gasteiger partial charge >= 0.3 is 12.1 Å². The third-order valence-electron chi connectivity index (χ3n) is 2.12. The molecule has 0 fully saturated rings. The third-order valence-corrected chi connectivity index (χ3v) is 2.12. The van der Waals surface area contributed by atoms with E-state index in [2.05, 4.69) is 15.0 Å². The van der Waals surface area contributed by atoms with E-state index in [0.717, 1.165) is 0 Å². The summed E-state index contributed by atoms with van der Waals surface area (Å²) in [5.74, 6) is -0.197. The molecule has 5 N–H and O–H groups in total. The molecule has 0 saturated heterocycles. The molecule has 0 aliphatic heterocycles. The minimum Gasteiger partial charge on any atom is -0.462 e. The Bertz CT molecular complexity index is 464. The molecule has 104 valence electrons. The number of carbonyl (C=O) groups is 2. The van der Waals surface area contributed by atoms with Crippen molar-refractivity contribution in [3.05, 3.63) is 17.8 Å². The number of pyridine rings is 1. The molecule has 1 aromatic heterocycles. The normalized spacial score (nSPS) is 9.74. The SMILES string of the molecule is CCOC(=O)c1ccnc(NCCOC(N)=O)c1N. The molecule has 1 amide bonds. The molecule has 0 radical (unpaired) electrons. The zero-order valence-electron chi connectivity index (χ0n) is 10.5. The number of nitrogen functional groups attached to an aromatic ring is 1. The maximum atomic E-state index is 11.6. The molecule has 8 nitrogen and oxygen atoms in total. The molecule has 0 saturated carbocycles. The molecule has 0 aliphatic rings. The van der Waals surface area contributed by atoms with E-state index in [1.807, 2.05) is 0 Å². The van der Waals surface area contributed by atoms with Crippen molar-refractivity contribution in [3.63, 3.8) is 0 Å². The highest BCUT2D eigenvalue weighted by Gasteiger charge is 2.14. The quantitative estimate of drug-likeness (QED) is 0.501. The molecule has 1 aromatic rings. The van der Waals surface area contributed by atoms with Crippen molar-refractivity contribution in [2.24, 2.45) is 5.73 Å². The van der Waals surface area contributed by atoms with Crippen molar-refractivity contribution in [1.82, 2.24) is 4.98 Å². The van der Waals surface area contributed by atoms with Crippen LogP contribution in [0.15, 0.2) is 12.3 Å². The first kappa shape index (κ1) is 14.6. The van der Waals surface area contributed by atoms with Crippen molar-refractivity contribution in [3.8, 4) is 0 Å². The van der Waals surface area contributed by atoms with Gasteiger partial charge in [0.05, 0.1) is 24.4 Å². The van der Waals surface area contributed by atoms with Crippen LogP contribution in [0.3, 0.4) is 0 Å². The van der Waals surface area contributed by atoms with Crippen LogP contribution >= 0.6 is 0 Å². The van der Waals surface area contributed by atoms with Gasteiger partial charge < -0.3 is 26.3 Å². The van der Waals surface area contributed by atoms with E-state index in [0.29, 0.717) is 5.82 Å². The number of rotatable bonds is 6. The summed E-state index contributed by atoms with van der Waals surface area (Å²) in [6.45, 7) is 2.30. The van der Waals surface area contributed by atoms with E-state index in [-0.39, 0.29) is 31.0 Å². The standard InChI is InChI=1S/C11H16N4O4/c1-2-18-10(16)7-3-4-14-9(8(7)12)15-5-6-19-11(13)17/h3-4H,2,5-6,12H2,1H3,(H2,13,17)(H,14,15). The predicted octanol–water partition coefficient (Wildman–Crippen LogP) is 0.348. The highest BCUT2D eigenvalue weighted by atomic mass is 16.5. The summed E-state index contributed by atoms with van der Waals surface area (Å²) in [7, 11) is 0. The molecule has 0 unspecified atom stereocenters. The first-order valence-corrected chi connectivity index (χ1v) is 5.64. The average molecular weight is 268 g/mol. The summed E-state index contributed by atoms with van der Waals surface area (Å²) in [5, 5.41) is 2.83. The van der Waals surface area contributed by atoms with E-state index < -0.39 is 12.1 Å². The van der Waals surface area contributed by atoms with Crippen LogP contribution in [0.4, 0.5) is 16.3 Å². The third kappa shape index (κ3) is 4.34. The summed E-state index contributed by atoms with van der Waals surface area (Å²) in [5.41, 5.74) is 11.0. The second-order valence-electron chi connectivity index (χ2n) is 3.44. The van der Waals surface area contributed by atoms with Crippen LogP contribution in [0.2, 0.25) is 0 Å². The van der Waals surface area contributed by atoms with Crippen molar-refractivity contribution in [1.29, 1.82) is 0 Å². The van der Waals surface area contributed by atoms with Gasteiger partial charge in [0, 0.05) is 6.20 Å². The van der Waals surface area contributed by atoms with E-state index in [1.54, 1.807) is 6.92 Å². The lowest BCUT2D eigenvalue weighted by Gasteiger charge is -2.11. The number of nitrogens with zero attached hydrogens (tertiary/aromatic N) is 1. The number of amides is 1. The van der Waals surface area contributed by atoms with Gasteiger partial charge in [0.15, 0.2) is 0 Å². The van der Waals surface area contributed by atoms with Gasteiger partial charge in [-0.15, -0.1) is 0 Å². The number of nitrogens with one attached hydrogen (secondary N) is 1. The second-order valence-corrected chi connectivity index (χ2v) is 3.44. The first-order valence-electron chi connectivity index (χ1n) is 5.64. The fraction of sp³-hybridized carbons (Fsp3) is 0.364. The fourth-order valence-corrected chi connectivity index (χ4v) is 1.32. The van der Waals surface area contributed by atoms with Crippen LogP contribution in [0.25, 0.3) is 0 Å². The van der Waals surface area contributed by atoms with E-state index in [9.17, 15) is 9.59 Å². The molecule has 1 rings (SSSR count). The summed E-state index contributed by atoms with van der Waals surface area (Å²) < 4.78 is 9.40. The fourth-order valence-electron chi connectivity index (χ4n) is 1.32. The number of carbonyl (C=O) groups excluding carboxylic acids is 2. The van der Waals surface area contributed by atoms with Crippen LogP contribution in [-0.2, 0) is 9.47 Å². The molecule has 0 bridgehead atoms. The Hall–Kier alpha value is -2.51. The largest absolute Gasteiger partial charge is 0.462 e. The molecule has 0 atom stereocenters. The van der Waals surface area contributed by atoms with Gasteiger partial charge in [-0.1, -0.05) is 0 Å². The monoisotopic (exact) mass is 268 g/mol. The minimum absolute atomic E-state index is 0.0695. The summed E-state index contributed by atoms with van der Waals surface area (Å²) in [6, 6.07) is 1.47. The summed E-state index contributed by atoms with van der Waals surface area (Å²) in [6.07, 6.45) is 0.572. The molecule has 0 spiro atoms. The van der Waals surface area contributed by atoms with Crippen LogP contribution in [0.5, 0.6) is 0 Å². The van der Waals surface area contributed by atoms with Crippen molar-refractivity contribution < 1.29 is 19.1 Å². The van der Waals surface area contributed by atoms with E-state index in [4.69, 9.17) is 16.2 Å². The number of hydrogen-bond donors (Lipinski definition) is 3. The number of esters is 1. The maximum Gasteiger partial charge on any atom is 0.404 e. The first-order chi connectivity index (χ1) is 9.06. The van der Waals surface area contributed by atoms with Crippen molar-refractivity contribution >= 4 is 23.6 Å². The average Bonchev–Trinajstić information content (AvgIpc) is 2.36. The number of primary amides is 1. The van der Waals surface area contributed by atoms with Gasteiger partial charge in [0.2, 0.25) is 0 Å². The Balaban J connectivity index is 2.66. The zero-order chi connectivity index (χ0) is 14.3. The zero-order valence-corrected chi connectivity index (χ0v) is 10.5. The van der Waals surface area contributed by atoms with Crippen LogP contribution in [-0.4, -0.2) is 36.8 Å². The Morgan fingerprint density at radius 2 is 2.16 bits per heavy atom. The topological polar surface area (TPSA) is 130 Å². The minimum atomic E-state index is -0.858. The lowest BCUT2D eigenvalue weighted by atomic mass is 10.2. The van der Waals surface area contributed by atoms with E-state index >= 15 is 0 Å². The highest BCUT2D eigenvalue weighted by molar-refractivity contribution is 5.97. The van der Waals surface area contributed by atoms with Crippen molar-refractivity contribution in [2.45, 2.75) is 6.92 Å². The number of nitrogens with two attached hydrogens (primary N) is 2. The Morgan fingerprint density at radius 1 is 1.42 bits per heavy atom. The molecule has 8 heteroatoms. The molecular formula is C11H16N4O4. The highest BCUT2D eigenvalue weighted by Crippen LogP contribution is 2.20. The maximum absolute atomic E-state index is 11.6. The van der Waals surface area contributed by atoms with E-state index in [1.165, 1.54) is 12.3 Å². The number of hydrogen-bond acceptors (Lipinski definition) is 7. The lowest BCUT2D eigenvalue weighted by molar-refractivity contribution is 0.0527. The number of ether oxygens (including phenoxy) is 2. The summed E-state index contributed by atoms with van der Waals surface area (Å²) in [4.78, 5) is 25.9. The molecule has 0 aliphatic carbocycles. The lowest BCUT2D eigenvalue weighted by Crippen LogP contribution is -2.19. The Labute approximate surface area is 110 Å². The summed E-state index contributed by atoms with van der Waals surface area (Å²) >= 11 is 0. The number of aromatic nitrogens is 1. The second kappa shape index (κ2) is 7.04. The Kier molecular flexibility index (Phi) is 5.39. The van der Waals surface area contributed by atoms with Crippen LogP contribution in [0.1, 0.15) is 17.3 Å². The Morgan fingerprint density at radius 3 is 2.79 bits per heavy atom. The van der Waals surface area contributed by atoms with Crippen LogP contribution < -0.4 is 16.8 Å². The van der Waals surface area contributed by atoms with Gasteiger partial charge in [-0.3, -0.25) is 0 Å². The van der Waals surface area contributed by atoms with Gasteiger partial charge in [-0.2, -0.15) is 0 Å². The van der Waals surface area contributed by atoms with Gasteiger partial charge in [0.25, 0.3) is 0 Å². The molecule has 19 heavy (non-hydrogen) atoms. The van der Waals surface area contributed by atoms with Gasteiger partial charge in [0.1, 0.15) is 12.4 Å². The van der Waals surface area contributed by atoms with Gasteiger partial charge in [-0.25, -0.2) is 14.6 Å². The molecule has 1 heterocycles. The smallest absolute Gasteiger partial charge is 0.404 e. The van der Waals surface area contributed by atoms with Crippen molar-refractivity contribution in [2.75, 3.05) is 30.8 Å². The molecule has 0 aromatic carbocycles.